The van der Waals surface area contributed by atoms with E-state index in [-0.39, 0.29) is 11.8 Å². The number of ether oxygens (including phenoxy) is 4. The van der Waals surface area contributed by atoms with E-state index in [1.165, 1.54) is 6.08 Å². The fraction of sp³-hybridized carbons (Fsp3) is 0.304. The third kappa shape index (κ3) is 4.77. The summed E-state index contributed by atoms with van der Waals surface area (Å²) in [6.45, 7) is 0.919. The summed E-state index contributed by atoms with van der Waals surface area (Å²) in [5.41, 5.74) is 1.39. The normalized spacial score (nSPS) is 17.3. The van der Waals surface area contributed by atoms with Gasteiger partial charge in [-0.1, -0.05) is 0 Å². The van der Waals surface area contributed by atoms with Crippen LogP contribution in [0.5, 0.6) is 23.0 Å². The molecule has 1 unspecified atom stereocenters. The molecule has 0 saturated carbocycles. The first-order valence-corrected chi connectivity index (χ1v) is 11.2. The van der Waals surface area contributed by atoms with Gasteiger partial charge in [0.1, 0.15) is 25.0 Å². The average molecular weight is 457 g/mol. The Balaban J connectivity index is 1.44. The topological polar surface area (TPSA) is 86.3 Å². The van der Waals surface area contributed by atoms with E-state index in [1.807, 2.05) is 0 Å². The molecule has 0 aromatic heterocycles. The largest absolute Gasteiger partial charge is 0.497 e. The number of thioether (sulfide) groups is 1. The highest BCUT2D eigenvalue weighted by Gasteiger charge is 2.33. The number of amides is 2. The number of nitrogens with zero attached hydrogens (tertiary/aromatic N) is 1. The Hall–Kier alpha value is -3.33. The summed E-state index contributed by atoms with van der Waals surface area (Å²) in [6, 6.07) is 10.1. The van der Waals surface area contributed by atoms with E-state index in [2.05, 4.69) is 5.32 Å². The van der Waals surface area contributed by atoms with E-state index in [0.717, 1.165) is 5.56 Å². The van der Waals surface area contributed by atoms with Gasteiger partial charge in [-0.25, -0.2) is 0 Å². The van der Waals surface area contributed by atoms with E-state index >= 15 is 0 Å². The van der Waals surface area contributed by atoms with E-state index in [4.69, 9.17) is 18.9 Å². The number of carbonyl (C=O) groups is 2. The summed E-state index contributed by atoms with van der Waals surface area (Å²) in [5, 5.41) is 2.87. The summed E-state index contributed by atoms with van der Waals surface area (Å²) in [6.07, 6.45) is 3.15. The van der Waals surface area contributed by atoms with Crippen molar-refractivity contribution >= 4 is 35.3 Å². The molecule has 0 radical (unpaired) electrons. The predicted octanol–water partition coefficient (Wildman–Crippen LogP) is 3.03. The Labute approximate surface area is 190 Å². The minimum atomic E-state index is -0.547. The number of anilines is 1. The van der Waals surface area contributed by atoms with Crippen LogP contribution in [-0.2, 0) is 9.59 Å². The van der Waals surface area contributed by atoms with Gasteiger partial charge >= 0.3 is 0 Å². The molecule has 1 atom stereocenters. The molecule has 2 aromatic carbocycles. The van der Waals surface area contributed by atoms with Gasteiger partial charge in [0.05, 0.1) is 20.1 Å². The van der Waals surface area contributed by atoms with Crippen LogP contribution in [-0.4, -0.2) is 61.8 Å². The maximum atomic E-state index is 12.9. The third-order valence-corrected chi connectivity index (χ3v) is 6.11. The number of carbonyl (C=O) groups excluding carboxylic acids is 2. The smallest absolute Gasteiger partial charge is 0.248 e. The quantitative estimate of drug-likeness (QED) is 0.669. The molecule has 0 spiro atoms. The van der Waals surface area contributed by atoms with E-state index < -0.39 is 6.04 Å². The first kappa shape index (κ1) is 21.9. The Bertz CT molecular complexity index is 1010. The lowest BCUT2D eigenvalue weighted by Crippen LogP contribution is -2.43. The highest BCUT2D eigenvalue weighted by molar-refractivity contribution is 7.99. The SMILES string of the molecule is COc1ccc(NC(=O)C2CSCN2C(=O)/C=C/c2cc(OC)c3c(c2)OCCO3)cc1. The molecule has 32 heavy (non-hydrogen) atoms. The van der Waals surface area contributed by atoms with Crippen LogP contribution in [0.4, 0.5) is 5.69 Å². The van der Waals surface area contributed by atoms with Crippen LogP contribution in [0.2, 0.25) is 0 Å². The molecule has 2 aliphatic rings. The number of hydrogen-bond donors (Lipinski definition) is 1. The van der Waals surface area contributed by atoms with Crippen LogP contribution in [0, 0.1) is 0 Å². The van der Waals surface area contributed by atoms with Gasteiger partial charge in [0, 0.05) is 17.5 Å². The third-order valence-electron chi connectivity index (χ3n) is 5.09. The van der Waals surface area contributed by atoms with E-state index in [9.17, 15) is 9.59 Å². The van der Waals surface area contributed by atoms with Gasteiger partial charge in [-0.05, 0) is 48.0 Å². The molecule has 168 valence electrons. The first-order valence-electron chi connectivity index (χ1n) is 10.1. The molecule has 0 aliphatic carbocycles. The lowest BCUT2D eigenvalue weighted by atomic mass is 10.1. The fourth-order valence-electron chi connectivity index (χ4n) is 3.43. The molecule has 2 aromatic rings. The van der Waals surface area contributed by atoms with Gasteiger partial charge in [0.15, 0.2) is 11.5 Å². The minimum Gasteiger partial charge on any atom is -0.497 e. The second kappa shape index (κ2) is 9.86. The maximum Gasteiger partial charge on any atom is 0.248 e. The molecular weight excluding hydrogens is 432 g/mol. The van der Waals surface area contributed by atoms with Crippen LogP contribution in [0.3, 0.4) is 0 Å². The van der Waals surface area contributed by atoms with Crippen molar-refractivity contribution in [3.05, 3.63) is 48.0 Å². The van der Waals surface area contributed by atoms with Crippen LogP contribution < -0.4 is 24.3 Å². The van der Waals surface area contributed by atoms with Crippen LogP contribution >= 0.6 is 11.8 Å². The molecule has 0 bridgehead atoms. The first-order chi connectivity index (χ1) is 15.6. The average Bonchev–Trinajstić information content (AvgIpc) is 3.33. The molecule has 1 fully saturated rings. The highest BCUT2D eigenvalue weighted by Crippen LogP contribution is 2.40. The number of fused-ring (bicyclic) bond motifs is 1. The zero-order valence-electron chi connectivity index (χ0n) is 17.8. The second-order valence-corrected chi connectivity index (χ2v) is 8.12. The summed E-state index contributed by atoms with van der Waals surface area (Å²) in [5.74, 6) is 2.93. The van der Waals surface area contributed by atoms with Gasteiger partial charge in [-0.3, -0.25) is 9.59 Å². The Kier molecular flexibility index (Phi) is 6.75. The van der Waals surface area contributed by atoms with Crippen LogP contribution in [0.25, 0.3) is 6.08 Å². The van der Waals surface area contributed by atoms with Gasteiger partial charge < -0.3 is 29.2 Å². The number of nitrogens with one attached hydrogen (secondary N) is 1. The summed E-state index contributed by atoms with van der Waals surface area (Å²) in [4.78, 5) is 27.2. The summed E-state index contributed by atoms with van der Waals surface area (Å²) in [7, 11) is 3.14. The minimum absolute atomic E-state index is 0.220. The second-order valence-electron chi connectivity index (χ2n) is 7.12. The Morgan fingerprint density at radius 1 is 1.12 bits per heavy atom. The molecule has 1 saturated heterocycles. The predicted molar refractivity (Wildman–Crippen MR) is 123 cm³/mol. The van der Waals surface area contributed by atoms with Gasteiger partial charge in [0.2, 0.25) is 17.6 Å². The van der Waals surface area contributed by atoms with Crippen LogP contribution in [0.15, 0.2) is 42.5 Å². The summed E-state index contributed by atoms with van der Waals surface area (Å²) < 4.78 is 21.8. The lowest BCUT2D eigenvalue weighted by molar-refractivity contribution is -0.132. The Morgan fingerprint density at radius 2 is 1.91 bits per heavy atom. The standard InChI is InChI=1S/C23H24N2O6S/c1-28-17-6-4-16(5-7-17)24-23(27)18-13-32-14-25(18)21(26)8-3-15-11-19(29-2)22-20(12-15)30-9-10-31-22/h3-8,11-12,18H,9-10,13-14H2,1-2H3,(H,24,27)/b8-3+. The number of benzene rings is 2. The van der Waals surface area contributed by atoms with Crippen molar-refractivity contribution in [2.24, 2.45) is 0 Å². The van der Waals surface area contributed by atoms with Gasteiger partial charge in [-0.2, -0.15) is 0 Å². The monoisotopic (exact) mass is 456 g/mol. The molecule has 1 N–H and O–H groups in total. The van der Waals surface area contributed by atoms with Crippen molar-refractivity contribution < 1.29 is 28.5 Å². The van der Waals surface area contributed by atoms with Crippen molar-refractivity contribution in [1.29, 1.82) is 0 Å². The Morgan fingerprint density at radius 3 is 2.66 bits per heavy atom. The van der Waals surface area contributed by atoms with Crippen molar-refractivity contribution in [2.75, 3.05) is 44.4 Å². The maximum absolute atomic E-state index is 12.9. The zero-order chi connectivity index (χ0) is 22.5. The van der Waals surface area contributed by atoms with E-state index in [1.54, 1.807) is 73.4 Å². The molecule has 2 heterocycles. The molecule has 9 heteroatoms. The number of rotatable bonds is 6. The highest BCUT2D eigenvalue weighted by atomic mass is 32.2. The molecule has 2 amide bonds. The number of methoxy groups -OCH3 is 2. The van der Waals surface area contributed by atoms with E-state index in [0.29, 0.717) is 53.5 Å². The zero-order valence-corrected chi connectivity index (χ0v) is 18.6. The summed E-state index contributed by atoms with van der Waals surface area (Å²) >= 11 is 1.54. The van der Waals surface area contributed by atoms with Gasteiger partial charge in [-0.15, -0.1) is 11.8 Å². The lowest BCUT2D eigenvalue weighted by Gasteiger charge is -2.22. The number of hydrogen-bond acceptors (Lipinski definition) is 7. The molecule has 2 aliphatic heterocycles. The van der Waals surface area contributed by atoms with Gasteiger partial charge in [0.25, 0.3) is 0 Å². The van der Waals surface area contributed by atoms with Crippen molar-refractivity contribution in [3.63, 3.8) is 0 Å². The van der Waals surface area contributed by atoms with Crippen molar-refractivity contribution in [3.8, 4) is 23.0 Å². The molecule has 8 nitrogen and oxygen atoms in total. The van der Waals surface area contributed by atoms with Crippen molar-refractivity contribution in [1.82, 2.24) is 4.90 Å². The molecular formula is C23H24N2O6S. The fourth-order valence-corrected chi connectivity index (χ4v) is 4.59. The van der Waals surface area contributed by atoms with Crippen molar-refractivity contribution in [2.45, 2.75) is 6.04 Å². The molecule has 4 rings (SSSR count). The van der Waals surface area contributed by atoms with Crippen LogP contribution in [0.1, 0.15) is 5.56 Å².